The summed E-state index contributed by atoms with van der Waals surface area (Å²) in [6, 6.07) is 0. The van der Waals surface area contributed by atoms with Crippen LogP contribution in [0, 0.1) is 0 Å². The minimum atomic E-state index is -0.850. The van der Waals surface area contributed by atoms with E-state index >= 15 is 0 Å². The van der Waals surface area contributed by atoms with Gasteiger partial charge in [0.15, 0.2) is 10.3 Å². The molecule has 0 unspecified atom stereocenters. The predicted octanol–water partition coefficient (Wildman–Crippen LogP) is 1.30. The van der Waals surface area contributed by atoms with E-state index in [1.165, 1.54) is 0 Å². The zero-order valence-corrected chi connectivity index (χ0v) is 5.50. The van der Waals surface area contributed by atoms with Crippen LogP contribution >= 0.6 is 34.8 Å². The van der Waals surface area contributed by atoms with Gasteiger partial charge in [-0.3, -0.25) is 0 Å². The zero-order chi connectivity index (χ0) is 5.86. The summed E-state index contributed by atoms with van der Waals surface area (Å²) in [6.07, 6.45) is 0. The molecule has 42 valence electrons. The molecule has 0 saturated carbocycles. The first-order chi connectivity index (χ1) is 3.13. The van der Waals surface area contributed by atoms with E-state index < -0.39 is 4.96 Å². The maximum Gasteiger partial charge on any atom is 0.200 e. The van der Waals surface area contributed by atoms with Crippen molar-refractivity contribution in [1.29, 1.82) is 0 Å². The van der Waals surface area contributed by atoms with Gasteiger partial charge in [0.2, 0.25) is 0 Å². The number of rotatable bonds is 1. The lowest BCUT2D eigenvalue weighted by Crippen LogP contribution is -2.03. The summed E-state index contributed by atoms with van der Waals surface area (Å²) >= 11 is 15.2. The topological polar surface area (TPSA) is 38.4 Å². The number of aliphatic imine (C=N–C) groups is 1. The van der Waals surface area contributed by atoms with Crippen LogP contribution in [0.5, 0.6) is 0 Å². The fraction of sp³-hybridized carbons (Fsp3) is 0.500. The highest BCUT2D eigenvalue weighted by molar-refractivity contribution is 6.64. The summed E-state index contributed by atoms with van der Waals surface area (Å²) in [5, 5.41) is -0.130. The maximum atomic E-state index is 5.09. The van der Waals surface area contributed by atoms with Crippen molar-refractivity contribution in [2.45, 2.75) is 4.96 Å². The third-order valence-electron chi connectivity index (χ3n) is 0.221. The van der Waals surface area contributed by atoms with Gasteiger partial charge in [-0.25, -0.2) is 4.99 Å². The fourth-order valence-corrected chi connectivity index (χ4v) is 0.501. The van der Waals surface area contributed by atoms with Gasteiger partial charge in [0, 0.05) is 0 Å². The van der Waals surface area contributed by atoms with Gasteiger partial charge in [-0.1, -0.05) is 23.2 Å². The summed E-state index contributed by atoms with van der Waals surface area (Å²) in [7, 11) is 0. The molecule has 7 heavy (non-hydrogen) atoms. The Kier molecular flexibility index (Phi) is 3.52. The Bertz CT molecular complexity index is 75.0. The number of hydrogen-bond donors (Lipinski definition) is 1. The van der Waals surface area contributed by atoms with Crippen LogP contribution < -0.4 is 5.73 Å². The maximum absolute atomic E-state index is 5.09. The second-order valence-electron chi connectivity index (χ2n) is 0.729. The molecule has 0 aliphatic carbocycles. The molecule has 0 spiro atoms. The fourth-order valence-electron chi connectivity index (χ4n) is 0.0932. The quantitative estimate of drug-likeness (QED) is 0.268. The van der Waals surface area contributed by atoms with Crippen LogP contribution in [0.1, 0.15) is 0 Å². The third-order valence-corrected chi connectivity index (χ3v) is 0.514. The minimum Gasteiger partial charge on any atom is -0.374 e. The van der Waals surface area contributed by atoms with Crippen LogP contribution in [-0.2, 0) is 0 Å². The largest absolute Gasteiger partial charge is 0.374 e. The monoisotopic (exact) mass is 160 g/mol. The summed E-state index contributed by atoms with van der Waals surface area (Å²) in [4.78, 5) is 2.42. The van der Waals surface area contributed by atoms with Gasteiger partial charge >= 0.3 is 0 Å². The van der Waals surface area contributed by atoms with Gasteiger partial charge in [0.05, 0.1) is 0 Å². The van der Waals surface area contributed by atoms with E-state index in [1.807, 2.05) is 0 Å². The molecule has 2 N–H and O–H groups in total. The molecular formula is C2H3Cl3N2. The van der Waals surface area contributed by atoms with Crippen LogP contribution in [0.15, 0.2) is 4.99 Å². The van der Waals surface area contributed by atoms with E-state index in [9.17, 15) is 0 Å². The first-order valence-corrected chi connectivity index (χ1v) is 2.65. The Balaban J connectivity index is 3.45. The van der Waals surface area contributed by atoms with Crippen molar-refractivity contribution in [2.75, 3.05) is 0 Å². The summed E-state index contributed by atoms with van der Waals surface area (Å²) in [5.74, 6) is 0. The lowest BCUT2D eigenvalue weighted by Gasteiger charge is -1.87. The van der Waals surface area contributed by atoms with Crippen LogP contribution in [0.25, 0.3) is 0 Å². The normalized spacial score (nSPS) is 12.9. The molecule has 0 bridgehead atoms. The highest BCUT2D eigenvalue weighted by Gasteiger charge is 1.90. The molecule has 0 aromatic carbocycles. The first-order valence-electron chi connectivity index (χ1n) is 1.40. The molecule has 0 saturated heterocycles. The van der Waals surface area contributed by atoms with Crippen molar-refractivity contribution < 1.29 is 0 Å². The SMILES string of the molecule is NC(Cl)=NC(Cl)Cl. The number of nitrogens with zero attached hydrogens (tertiary/aromatic N) is 1. The van der Waals surface area contributed by atoms with Gasteiger partial charge in [-0.15, -0.1) is 0 Å². The first kappa shape index (κ1) is 7.34. The zero-order valence-electron chi connectivity index (χ0n) is 3.24. The van der Waals surface area contributed by atoms with Crippen molar-refractivity contribution in [1.82, 2.24) is 0 Å². The molecule has 0 heterocycles. The number of alkyl halides is 2. The van der Waals surface area contributed by atoms with E-state index in [2.05, 4.69) is 4.99 Å². The molecule has 0 aliphatic rings. The molecule has 0 amide bonds. The summed E-state index contributed by atoms with van der Waals surface area (Å²) in [6.45, 7) is 0. The predicted molar refractivity (Wildman–Crippen MR) is 33.0 cm³/mol. The Morgan fingerprint density at radius 3 is 2.00 bits per heavy atom. The Labute approximate surface area is 56.2 Å². The van der Waals surface area contributed by atoms with Crippen molar-refractivity contribution in [3.63, 3.8) is 0 Å². The van der Waals surface area contributed by atoms with E-state index in [4.69, 9.17) is 40.5 Å². The number of amidine groups is 1. The van der Waals surface area contributed by atoms with Crippen molar-refractivity contribution >= 4 is 40.1 Å². The van der Waals surface area contributed by atoms with E-state index in [0.717, 1.165) is 0 Å². The highest BCUT2D eigenvalue weighted by atomic mass is 35.5. The second-order valence-corrected chi connectivity index (χ2v) is 2.17. The molecule has 0 radical (unpaired) electrons. The minimum absolute atomic E-state index is 0.130. The summed E-state index contributed by atoms with van der Waals surface area (Å²) < 4.78 is 0. The average molecular weight is 161 g/mol. The average Bonchev–Trinajstić information content (AvgIpc) is 1.27. The van der Waals surface area contributed by atoms with Crippen molar-refractivity contribution in [3.8, 4) is 0 Å². The van der Waals surface area contributed by atoms with Gasteiger partial charge in [-0.05, 0) is 11.6 Å². The summed E-state index contributed by atoms with van der Waals surface area (Å²) in [5.41, 5.74) is 4.84. The van der Waals surface area contributed by atoms with Crippen LogP contribution in [0.3, 0.4) is 0 Å². The molecular weight excluding hydrogens is 158 g/mol. The van der Waals surface area contributed by atoms with Crippen LogP contribution in [0.2, 0.25) is 0 Å². The molecule has 5 heteroatoms. The van der Waals surface area contributed by atoms with Gasteiger partial charge in [0.25, 0.3) is 0 Å². The standard InChI is InChI=1S/C2H3Cl3N2/c3-1(4)7-2(5)6/h1H,(H2,6,7). The van der Waals surface area contributed by atoms with Crippen molar-refractivity contribution in [2.24, 2.45) is 10.7 Å². The second kappa shape index (κ2) is 3.36. The van der Waals surface area contributed by atoms with Crippen molar-refractivity contribution in [3.05, 3.63) is 0 Å². The van der Waals surface area contributed by atoms with E-state index in [0.29, 0.717) is 0 Å². The third kappa shape index (κ3) is 6.34. The Hall–Kier alpha value is 0.340. The Morgan fingerprint density at radius 2 is 2.00 bits per heavy atom. The van der Waals surface area contributed by atoms with E-state index in [1.54, 1.807) is 0 Å². The molecule has 0 aliphatic heterocycles. The number of halogens is 3. The molecule has 0 fully saturated rings. The lowest BCUT2D eigenvalue weighted by atomic mass is 11.2. The van der Waals surface area contributed by atoms with Gasteiger partial charge in [0.1, 0.15) is 0 Å². The molecule has 2 nitrogen and oxygen atoms in total. The van der Waals surface area contributed by atoms with Gasteiger partial charge in [-0.2, -0.15) is 0 Å². The van der Waals surface area contributed by atoms with Crippen LogP contribution in [-0.4, -0.2) is 10.3 Å². The van der Waals surface area contributed by atoms with Gasteiger partial charge < -0.3 is 5.73 Å². The smallest absolute Gasteiger partial charge is 0.200 e. The molecule has 0 aromatic rings. The molecule has 0 rings (SSSR count). The number of hydrogen-bond acceptors (Lipinski definition) is 1. The molecule has 0 atom stereocenters. The van der Waals surface area contributed by atoms with E-state index in [-0.39, 0.29) is 5.29 Å². The molecule has 0 aromatic heterocycles. The highest BCUT2D eigenvalue weighted by Crippen LogP contribution is 2.02. The lowest BCUT2D eigenvalue weighted by molar-refractivity contribution is 1.26. The Morgan fingerprint density at radius 1 is 1.57 bits per heavy atom. The van der Waals surface area contributed by atoms with Crippen LogP contribution in [0.4, 0.5) is 0 Å². The number of nitrogens with two attached hydrogens (primary N) is 1.